The second kappa shape index (κ2) is 5.23. The molecule has 0 saturated carbocycles. The van der Waals surface area contributed by atoms with E-state index in [0.717, 1.165) is 33.8 Å². The fourth-order valence-corrected chi connectivity index (χ4v) is 3.12. The van der Waals surface area contributed by atoms with E-state index in [1.165, 1.54) is 6.20 Å². The maximum Gasteiger partial charge on any atom is 0.266 e. The molecular weight excluding hydrogens is 300 g/mol. The molecule has 118 valence electrons. The van der Waals surface area contributed by atoms with E-state index in [0.29, 0.717) is 0 Å². The van der Waals surface area contributed by atoms with Crippen LogP contribution in [0.4, 0.5) is 5.69 Å². The summed E-state index contributed by atoms with van der Waals surface area (Å²) in [4.78, 5) is 27.0. The lowest BCUT2D eigenvalue weighted by molar-refractivity contribution is 0.737. The highest BCUT2D eigenvalue weighted by atomic mass is 16.1. The fraction of sp³-hybridized carbons (Fsp3) is 0.158. The molecule has 2 aromatic heterocycles. The van der Waals surface area contributed by atoms with Crippen LogP contribution in [0, 0.1) is 0 Å². The lowest BCUT2D eigenvalue weighted by Gasteiger charge is -2.22. The average Bonchev–Trinajstić information content (AvgIpc) is 2.87. The predicted molar refractivity (Wildman–Crippen MR) is 93.8 cm³/mol. The van der Waals surface area contributed by atoms with Crippen LogP contribution in [-0.2, 0) is 5.41 Å². The van der Waals surface area contributed by atoms with Crippen LogP contribution in [0.2, 0.25) is 0 Å². The molecule has 3 aromatic rings. The van der Waals surface area contributed by atoms with Gasteiger partial charge in [-0.25, -0.2) is 4.98 Å². The van der Waals surface area contributed by atoms with Crippen molar-refractivity contribution in [2.45, 2.75) is 19.3 Å². The van der Waals surface area contributed by atoms with Crippen LogP contribution in [0.15, 0.2) is 64.9 Å². The summed E-state index contributed by atoms with van der Waals surface area (Å²) < 4.78 is 0. The summed E-state index contributed by atoms with van der Waals surface area (Å²) in [6, 6.07) is 10.1. The number of rotatable bonds is 2. The number of benzene rings is 1. The normalized spacial score (nSPS) is 15.0. The van der Waals surface area contributed by atoms with Gasteiger partial charge < -0.3 is 4.98 Å². The molecule has 24 heavy (non-hydrogen) atoms. The molecule has 1 aromatic carbocycles. The Balaban J connectivity index is 1.80. The number of aromatic amines is 1. The predicted octanol–water partition coefficient (Wildman–Crippen LogP) is 3.24. The van der Waals surface area contributed by atoms with Crippen molar-refractivity contribution in [1.82, 2.24) is 15.0 Å². The van der Waals surface area contributed by atoms with Gasteiger partial charge in [0.2, 0.25) is 0 Å². The van der Waals surface area contributed by atoms with Crippen molar-refractivity contribution in [2.24, 2.45) is 4.99 Å². The Bertz CT molecular complexity index is 983. The van der Waals surface area contributed by atoms with Gasteiger partial charge in [0.05, 0.1) is 23.3 Å². The lowest BCUT2D eigenvalue weighted by atomic mass is 9.78. The summed E-state index contributed by atoms with van der Waals surface area (Å²) in [6.07, 6.45) is 6.50. The van der Waals surface area contributed by atoms with Crippen LogP contribution in [0.3, 0.4) is 0 Å². The van der Waals surface area contributed by atoms with Gasteiger partial charge in [-0.1, -0.05) is 19.9 Å². The first-order valence-corrected chi connectivity index (χ1v) is 7.75. The first-order chi connectivity index (χ1) is 11.6. The van der Waals surface area contributed by atoms with Crippen molar-refractivity contribution < 1.29 is 0 Å². The molecule has 5 heteroatoms. The highest BCUT2D eigenvalue weighted by Gasteiger charge is 2.35. The van der Waals surface area contributed by atoms with Crippen LogP contribution in [0.1, 0.15) is 25.0 Å². The van der Waals surface area contributed by atoms with Gasteiger partial charge in [-0.15, -0.1) is 0 Å². The minimum atomic E-state index is -0.213. The highest BCUT2D eigenvalue weighted by Crippen LogP contribution is 2.43. The number of H-pyrrole nitrogens is 1. The Hall–Kier alpha value is -3.08. The van der Waals surface area contributed by atoms with E-state index in [1.807, 2.05) is 24.3 Å². The third-order valence-corrected chi connectivity index (χ3v) is 4.42. The fourth-order valence-electron chi connectivity index (χ4n) is 3.12. The van der Waals surface area contributed by atoms with Crippen LogP contribution in [0.25, 0.3) is 11.3 Å². The third-order valence-electron chi connectivity index (χ3n) is 4.42. The Morgan fingerprint density at radius 1 is 1.04 bits per heavy atom. The summed E-state index contributed by atoms with van der Waals surface area (Å²) in [5, 5.41) is 0. The smallest absolute Gasteiger partial charge is 0.266 e. The van der Waals surface area contributed by atoms with Gasteiger partial charge in [-0.2, -0.15) is 0 Å². The number of fused-ring (bicyclic) bond motifs is 1. The van der Waals surface area contributed by atoms with Crippen molar-refractivity contribution in [2.75, 3.05) is 0 Å². The van der Waals surface area contributed by atoms with E-state index < -0.39 is 0 Å². The topological polar surface area (TPSA) is 71.0 Å². The number of nitrogens with zero attached hydrogens (tertiary/aromatic N) is 3. The van der Waals surface area contributed by atoms with Crippen molar-refractivity contribution >= 4 is 11.4 Å². The highest BCUT2D eigenvalue weighted by molar-refractivity contribution is 6.12. The minimum Gasteiger partial charge on any atom is -0.326 e. The van der Waals surface area contributed by atoms with Gasteiger partial charge in [0.25, 0.3) is 5.56 Å². The Labute approximate surface area is 139 Å². The molecule has 1 aliphatic heterocycles. The zero-order valence-electron chi connectivity index (χ0n) is 13.4. The summed E-state index contributed by atoms with van der Waals surface area (Å²) in [6.45, 7) is 4.34. The Morgan fingerprint density at radius 2 is 1.83 bits per heavy atom. The zero-order chi connectivity index (χ0) is 16.7. The number of hydrogen-bond acceptors (Lipinski definition) is 4. The average molecular weight is 316 g/mol. The molecule has 0 amide bonds. The van der Waals surface area contributed by atoms with Crippen molar-refractivity contribution in [3.05, 3.63) is 76.6 Å². The van der Waals surface area contributed by atoms with Crippen molar-refractivity contribution in [1.29, 1.82) is 0 Å². The molecule has 0 radical (unpaired) electrons. The van der Waals surface area contributed by atoms with Gasteiger partial charge >= 0.3 is 0 Å². The molecule has 1 N–H and O–H groups in total. The number of nitrogens with one attached hydrogen (secondary N) is 1. The molecule has 5 nitrogen and oxygen atoms in total. The van der Waals surface area contributed by atoms with Crippen molar-refractivity contribution in [3.63, 3.8) is 0 Å². The van der Waals surface area contributed by atoms with Crippen molar-refractivity contribution in [3.8, 4) is 11.3 Å². The molecule has 0 atom stereocenters. The van der Waals surface area contributed by atoms with Gasteiger partial charge in [-0.3, -0.25) is 14.8 Å². The maximum absolute atomic E-state index is 11.2. The van der Waals surface area contributed by atoms with E-state index in [9.17, 15) is 4.79 Å². The molecule has 4 rings (SSSR count). The van der Waals surface area contributed by atoms with Gasteiger partial charge in [0, 0.05) is 29.6 Å². The third kappa shape index (κ3) is 2.25. The summed E-state index contributed by atoms with van der Waals surface area (Å²) in [5.74, 6) is 0. The van der Waals surface area contributed by atoms with Crippen LogP contribution in [0.5, 0.6) is 0 Å². The first kappa shape index (κ1) is 14.5. The Morgan fingerprint density at radius 3 is 2.54 bits per heavy atom. The monoisotopic (exact) mass is 316 g/mol. The molecule has 0 saturated heterocycles. The van der Waals surface area contributed by atoms with E-state index in [-0.39, 0.29) is 11.0 Å². The van der Waals surface area contributed by atoms with E-state index in [2.05, 4.69) is 34.9 Å². The second-order valence-corrected chi connectivity index (χ2v) is 6.35. The van der Waals surface area contributed by atoms with E-state index >= 15 is 0 Å². The van der Waals surface area contributed by atoms with E-state index in [4.69, 9.17) is 4.99 Å². The van der Waals surface area contributed by atoms with Crippen LogP contribution < -0.4 is 5.56 Å². The molecule has 0 fully saturated rings. The largest absolute Gasteiger partial charge is 0.326 e. The minimum absolute atomic E-state index is 0.205. The molecule has 1 aliphatic rings. The van der Waals surface area contributed by atoms with Crippen LogP contribution >= 0.6 is 0 Å². The number of aliphatic imine (C=N–C) groups is 1. The van der Waals surface area contributed by atoms with Gasteiger partial charge in [0.15, 0.2) is 0 Å². The Kier molecular flexibility index (Phi) is 3.16. The second-order valence-electron chi connectivity index (χ2n) is 6.35. The SMILES string of the molecule is CC1(C)C(c2ccncc2)=Nc2ccc(-c3c[nH]c(=O)cn3)cc21. The van der Waals surface area contributed by atoms with Gasteiger partial charge in [-0.05, 0) is 35.4 Å². The number of hydrogen-bond donors (Lipinski definition) is 1. The maximum atomic E-state index is 11.2. The molecule has 0 unspecified atom stereocenters. The summed E-state index contributed by atoms with van der Waals surface area (Å²) >= 11 is 0. The summed E-state index contributed by atoms with van der Waals surface area (Å²) in [7, 11) is 0. The lowest BCUT2D eigenvalue weighted by Crippen LogP contribution is -2.26. The zero-order valence-corrected chi connectivity index (χ0v) is 13.4. The quantitative estimate of drug-likeness (QED) is 0.789. The van der Waals surface area contributed by atoms with E-state index in [1.54, 1.807) is 18.6 Å². The molecule has 0 bridgehead atoms. The summed E-state index contributed by atoms with van der Waals surface area (Å²) in [5.41, 5.74) is 5.52. The molecule has 0 spiro atoms. The molecule has 0 aliphatic carbocycles. The molecule has 3 heterocycles. The number of pyridine rings is 1. The van der Waals surface area contributed by atoms with Gasteiger partial charge in [0.1, 0.15) is 0 Å². The first-order valence-electron chi connectivity index (χ1n) is 7.75. The number of aromatic nitrogens is 3. The standard InChI is InChI=1S/C19H16N4O/c1-19(2)14-9-13(16-10-22-17(24)11-21-16)3-4-15(14)23-18(19)12-5-7-20-8-6-12/h3-11H,1-2H3,(H,22,24). The van der Waals surface area contributed by atoms with Crippen LogP contribution in [-0.4, -0.2) is 20.7 Å². The molecular formula is C19H16N4O.